The normalized spacial score (nSPS) is 19.3. The summed E-state index contributed by atoms with van der Waals surface area (Å²) in [5, 5.41) is 2.84. The molecule has 1 fully saturated rings. The number of nitrogens with one attached hydrogen (secondary N) is 1. The fraction of sp³-hybridized carbons (Fsp3) is 0.722. The minimum absolute atomic E-state index is 0.0246. The molecule has 0 aliphatic carbocycles. The van der Waals surface area contributed by atoms with Crippen molar-refractivity contribution in [2.75, 3.05) is 19.8 Å². The fourth-order valence-electron chi connectivity index (χ4n) is 2.10. The Kier molecular flexibility index (Phi) is 10.7. The lowest BCUT2D eigenvalue weighted by Crippen LogP contribution is -2.25. The van der Waals surface area contributed by atoms with Crippen molar-refractivity contribution in [2.24, 2.45) is 5.92 Å². The number of carbonyl (C=O) groups excluding carboxylic acids is 1. The van der Waals surface area contributed by atoms with Gasteiger partial charge in [-0.2, -0.15) is 0 Å². The van der Waals surface area contributed by atoms with Crippen LogP contribution in [0.3, 0.4) is 0 Å². The van der Waals surface area contributed by atoms with Gasteiger partial charge in [-0.25, -0.2) is 0 Å². The molecule has 1 N–H and O–H groups in total. The summed E-state index contributed by atoms with van der Waals surface area (Å²) in [5.74, 6) is 0.452. The zero-order valence-electron chi connectivity index (χ0n) is 14.1. The molecule has 0 aromatic rings. The van der Waals surface area contributed by atoms with Gasteiger partial charge in [-0.1, -0.05) is 32.1 Å². The van der Waals surface area contributed by atoms with E-state index in [2.05, 4.69) is 25.2 Å². The van der Waals surface area contributed by atoms with Crippen molar-refractivity contribution in [2.45, 2.75) is 58.7 Å². The molecule has 1 aliphatic heterocycles. The third kappa shape index (κ3) is 10.6. The van der Waals surface area contributed by atoms with E-state index >= 15 is 0 Å². The quantitative estimate of drug-likeness (QED) is 0.381. The van der Waals surface area contributed by atoms with Crippen LogP contribution < -0.4 is 5.32 Å². The predicted octanol–water partition coefficient (Wildman–Crippen LogP) is 3.58. The average Bonchev–Trinajstić information content (AvgIpc) is 2.52. The van der Waals surface area contributed by atoms with Crippen molar-refractivity contribution >= 4 is 5.91 Å². The number of rotatable bonds is 10. The number of amides is 1. The van der Waals surface area contributed by atoms with Gasteiger partial charge in [-0.05, 0) is 44.4 Å². The number of hydrogen-bond donors (Lipinski definition) is 1. The molecule has 0 saturated carbocycles. The second-order valence-electron chi connectivity index (χ2n) is 6.09. The van der Waals surface area contributed by atoms with Crippen LogP contribution in [0.1, 0.15) is 52.4 Å². The molecule has 126 valence electrons. The molecule has 1 atom stereocenters. The SMILES string of the molecule is CC(C)CNC(=O)/C=C/C=C/CCCCOC1CCCCO1. The first kappa shape index (κ1) is 18.9. The van der Waals surface area contributed by atoms with Crippen LogP contribution in [0.25, 0.3) is 0 Å². The predicted molar refractivity (Wildman–Crippen MR) is 89.5 cm³/mol. The van der Waals surface area contributed by atoms with Crippen molar-refractivity contribution in [3.05, 3.63) is 24.3 Å². The lowest BCUT2D eigenvalue weighted by atomic mass is 10.2. The molecule has 1 rings (SSSR count). The van der Waals surface area contributed by atoms with Gasteiger partial charge in [0.25, 0.3) is 0 Å². The van der Waals surface area contributed by atoms with Gasteiger partial charge in [0.2, 0.25) is 5.91 Å². The van der Waals surface area contributed by atoms with Crippen molar-refractivity contribution in [3.8, 4) is 0 Å². The number of ether oxygens (including phenoxy) is 2. The van der Waals surface area contributed by atoms with E-state index in [9.17, 15) is 4.79 Å². The summed E-state index contributed by atoms with van der Waals surface area (Å²) in [6, 6.07) is 0. The molecule has 4 heteroatoms. The van der Waals surface area contributed by atoms with Crippen LogP contribution in [-0.2, 0) is 14.3 Å². The topological polar surface area (TPSA) is 47.6 Å². The zero-order chi connectivity index (χ0) is 16.0. The molecule has 1 unspecified atom stereocenters. The summed E-state index contributed by atoms with van der Waals surface area (Å²) in [4.78, 5) is 11.4. The van der Waals surface area contributed by atoms with Crippen LogP contribution >= 0.6 is 0 Å². The van der Waals surface area contributed by atoms with E-state index in [-0.39, 0.29) is 12.2 Å². The highest BCUT2D eigenvalue weighted by atomic mass is 16.7. The summed E-state index contributed by atoms with van der Waals surface area (Å²) < 4.78 is 11.2. The van der Waals surface area contributed by atoms with Gasteiger partial charge in [0, 0.05) is 25.8 Å². The Morgan fingerprint density at radius 1 is 1.32 bits per heavy atom. The van der Waals surface area contributed by atoms with E-state index < -0.39 is 0 Å². The molecule has 1 aliphatic rings. The number of carbonyl (C=O) groups is 1. The van der Waals surface area contributed by atoms with E-state index in [4.69, 9.17) is 9.47 Å². The maximum Gasteiger partial charge on any atom is 0.243 e. The Morgan fingerprint density at radius 2 is 2.18 bits per heavy atom. The molecule has 1 saturated heterocycles. The van der Waals surface area contributed by atoms with Gasteiger partial charge < -0.3 is 14.8 Å². The summed E-state index contributed by atoms with van der Waals surface area (Å²) in [5.41, 5.74) is 0. The second kappa shape index (κ2) is 12.4. The Labute approximate surface area is 134 Å². The van der Waals surface area contributed by atoms with E-state index in [1.54, 1.807) is 12.2 Å². The summed E-state index contributed by atoms with van der Waals surface area (Å²) >= 11 is 0. The van der Waals surface area contributed by atoms with Gasteiger partial charge in [0.05, 0.1) is 0 Å². The Hall–Kier alpha value is -1.13. The van der Waals surface area contributed by atoms with Gasteiger partial charge >= 0.3 is 0 Å². The van der Waals surface area contributed by atoms with E-state index in [0.29, 0.717) is 5.92 Å². The molecule has 1 heterocycles. The maximum absolute atomic E-state index is 11.4. The lowest BCUT2D eigenvalue weighted by molar-refractivity contribution is -0.162. The first-order valence-electron chi connectivity index (χ1n) is 8.52. The second-order valence-corrected chi connectivity index (χ2v) is 6.09. The first-order valence-corrected chi connectivity index (χ1v) is 8.52. The molecule has 22 heavy (non-hydrogen) atoms. The van der Waals surface area contributed by atoms with Gasteiger partial charge in [-0.3, -0.25) is 4.79 Å². The highest BCUT2D eigenvalue weighted by Crippen LogP contribution is 2.14. The largest absolute Gasteiger partial charge is 0.353 e. The zero-order valence-corrected chi connectivity index (χ0v) is 14.1. The fourth-order valence-corrected chi connectivity index (χ4v) is 2.10. The molecular weight excluding hydrogens is 278 g/mol. The Bertz CT molecular complexity index is 344. The van der Waals surface area contributed by atoms with Gasteiger partial charge in [0.15, 0.2) is 6.29 Å². The van der Waals surface area contributed by atoms with E-state index in [1.807, 2.05) is 6.08 Å². The molecule has 0 aromatic heterocycles. The van der Waals surface area contributed by atoms with Crippen molar-refractivity contribution in [1.82, 2.24) is 5.32 Å². The molecule has 4 nitrogen and oxygen atoms in total. The molecule has 0 bridgehead atoms. The van der Waals surface area contributed by atoms with Crippen LogP contribution in [0.2, 0.25) is 0 Å². The van der Waals surface area contributed by atoms with Gasteiger partial charge in [-0.15, -0.1) is 0 Å². The maximum atomic E-state index is 11.4. The minimum Gasteiger partial charge on any atom is -0.353 e. The van der Waals surface area contributed by atoms with E-state index in [1.165, 1.54) is 6.42 Å². The third-order valence-corrected chi connectivity index (χ3v) is 3.39. The molecule has 0 aromatic carbocycles. The highest BCUT2D eigenvalue weighted by Gasteiger charge is 2.12. The third-order valence-electron chi connectivity index (χ3n) is 3.39. The molecule has 1 amide bonds. The lowest BCUT2D eigenvalue weighted by Gasteiger charge is -2.22. The molecular formula is C18H31NO3. The summed E-state index contributed by atoms with van der Waals surface area (Å²) in [6.07, 6.45) is 14.0. The smallest absolute Gasteiger partial charge is 0.243 e. The van der Waals surface area contributed by atoms with Crippen molar-refractivity contribution in [3.63, 3.8) is 0 Å². The van der Waals surface area contributed by atoms with Crippen LogP contribution in [0.5, 0.6) is 0 Å². The van der Waals surface area contributed by atoms with Crippen LogP contribution in [-0.4, -0.2) is 32.0 Å². The summed E-state index contributed by atoms with van der Waals surface area (Å²) in [7, 11) is 0. The minimum atomic E-state index is -0.0285. The number of hydrogen-bond acceptors (Lipinski definition) is 3. The van der Waals surface area contributed by atoms with Gasteiger partial charge in [0.1, 0.15) is 0 Å². The van der Waals surface area contributed by atoms with E-state index in [0.717, 1.165) is 51.9 Å². The van der Waals surface area contributed by atoms with Crippen molar-refractivity contribution in [1.29, 1.82) is 0 Å². The molecule has 0 spiro atoms. The highest BCUT2D eigenvalue weighted by molar-refractivity contribution is 5.87. The van der Waals surface area contributed by atoms with Crippen LogP contribution in [0.4, 0.5) is 0 Å². The Morgan fingerprint density at radius 3 is 2.91 bits per heavy atom. The first-order chi connectivity index (χ1) is 10.7. The van der Waals surface area contributed by atoms with Crippen LogP contribution in [0.15, 0.2) is 24.3 Å². The number of unbranched alkanes of at least 4 members (excludes halogenated alkanes) is 2. The molecule has 0 radical (unpaired) electrons. The Balaban J connectivity index is 1.93. The average molecular weight is 309 g/mol. The standard InChI is InChI=1S/C18H31NO3/c1-16(2)15-19-17(20)11-7-5-3-4-6-9-13-21-18-12-8-10-14-22-18/h3,5,7,11,16,18H,4,6,8-10,12-15H2,1-2H3,(H,19,20)/b5-3+,11-7+. The monoisotopic (exact) mass is 309 g/mol. The summed E-state index contributed by atoms with van der Waals surface area (Å²) in [6.45, 7) is 6.48. The number of allylic oxidation sites excluding steroid dienone is 3. The van der Waals surface area contributed by atoms with Crippen LogP contribution in [0, 0.1) is 5.92 Å². The van der Waals surface area contributed by atoms with Crippen molar-refractivity contribution < 1.29 is 14.3 Å².